The van der Waals surface area contributed by atoms with E-state index in [0.29, 0.717) is 11.3 Å². The number of nitrogens with zero attached hydrogens (tertiary/aromatic N) is 3. The van der Waals surface area contributed by atoms with Gasteiger partial charge in [-0.05, 0) is 72.2 Å². The van der Waals surface area contributed by atoms with Crippen LogP contribution in [0.1, 0.15) is 49.4 Å². The molecule has 3 N–H and O–H groups in total. The lowest BCUT2D eigenvalue weighted by Crippen LogP contribution is -2.28. The molecule has 3 aromatic rings. The average molecular weight is 467 g/mol. The molecule has 0 saturated carbocycles. The molecule has 0 fully saturated rings. The highest BCUT2D eigenvalue weighted by Gasteiger charge is 2.24. The molecule has 0 unspecified atom stereocenters. The van der Waals surface area contributed by atoms with Crippen molar-refractivity contribution in [3.05, 3.63) is 53.1 Å². The molecule has 7 nitrogen and oxygen atoms in total. The molecular weight excluding hydrogens is 440 g/mol. The van der Waals surface area contributed by atoms with Gasteiger partial charge in [-0.2, -0.15) is 5.26 Å². The summed E-state index contributed by atoms with van der Waals surface area (Å²) in [5.74, 6) is 0.574. The van der Waals surface area contributed by atoms with Gasteiger partial charge in [0.05, 0.1) is 11.7 Å². The number of hydrogen-bond acceptors (Lipinski definition) is 7. The average Bonchev–Trinajstić information content (AvgIpc) is 3.22. The molecule has 0 amide bonds. The van der Waals surface area contributed by atoms with E-state index in [1.54, 1.807) is 12.3 Å². The predicted octanol–water partition coefficient (Wildman–Crippen LogP) is 5.72. The molecule has 0 aliphatic heterocycles. The number of ether oxygens (including phenoxy) is 1. The van der Waals surface area contributed by atoms with Crippen molar-refractivity contribution in [2.75, 3.05) is 6.26 Å². The normalized spacial score (nSPS) is 15.9. The standard InChI is InChI=1S/C23H26N6OS2/c1-14(2)30-21-11-10-15(12-16(21)13-24)22-27-28-23(31-22)19-8-4-7-18-17(19)6-5-9-20(18)29-32(3,25)26/h4,7-8,10-12,14,20H,5-6,9H2,1-3H3,(H3,25,26,29)/t20-/m0/s1. The van der Waals surface area contributed by atoms with Crippen molar-refractivity contribution in [1.82, 2.24) is 14.9 Å². The first kappa shape index (κ1) is 22.4. The summed E-state index contributed by atoms with van der Waals surface area (Å²) in [6.45, 7) is 3.87. The van der Waals surface area contributed by atoms with Gasteiger partial charge in [0.25, 0.3) is 0 Å². The molecule has 32 heavy (non-hydrogen) atoms. The number of rotatable bonds is 6. The molecule has 0 spiro atoms. The molecule has 1 atom stereocenters. The Morgan fingerprint density at radius 2 is 2.00 bits per heavy atom. The van der Waals surface area contributed by atoms with Crippen LogP contribution >= 0.6 is 11.3 Å². The largest absolute Gasteiger partial charge is 0.490 e. The SMILES string of the molecule is CC(C)Oc1ccc(-c2nnc(-c3cccc4c3CCC[C@@H]4NS(C)(=N)=N)s2)cc1C#N. The van der Waals surface area contributed by atoms with Crippen LogP contribution in [-0.4, -0.2) is 22.6 Å². The maximum Gasteiger partial charge on any atom is 0.148 e. The van der Waals surface area contributed by atoms with E-state index >= 15 is 0 Å². The lowest BCUT2D eigenvalue weighted by Gasteiger charge is -2.28. The van der Waals surface area contributed by atoms with Gasteiger partial charge in [-0.15, -0.1) is 10.2 Å². The van der Waals surface area contributed by atoms with Crippen LogP contribution < -0.4 is 9.46 Å². The highest BCUT2D eigenvalue weighted by atomic mass is 32.2. The van der Waals surface area contributed by atoms with Gasteiger partial charge in [0.1, 0.15) is 21.8 Å². The molecule has 166 valence electrons. The first-order valence-electron chi connectivity index (χ1n) is 10.5. The molecule has 9 heteroatoms. The monoisotopic (exact) mass is 466 g/mol. The summed E-state index contributed by atoms with van der Waals surface area (Å²) in [4.78, 5) is 0. The molecular formula is C23H26N6OS2. The number of nitrogens with one attached hydrogen (secondary N) is 3. The van der Waals surface area contributed by atoms with Gasteiger partial charge in [0.15, 0.2) is 0 Å². The van der Waals surface area contributed by atoms with E-state index in [1.807, 2.05) is 32.0 Å². The Kier molecular flexibility index (Phi) is 6.29. The lowest BCUT2D eigenvalue weighted by atomic mass is 9.85. The molecule has 4 rings (SSSR count). The predicted molar refractivity (Wildman–Crippen MR) is 129 cm³/mol. The zero-order chi connectivity index (χ0) is 22.9. The minimum atomic E-state index is -2.31. The smallest absolute Gasteiger partial charge is 0.148 e. The summed E-state index contributed by atoms with van der Waals surface area (Å²) >= 11 is 1.50. The summed E-state index contributed by atoms with van der Waals surface area (Å²) in [6, 6.07) is 13.9. The van der Waals surface area contributed by atoms with Crippen LogP contribution in [0.3, 0.4) is 0 Å². The summed E-state index contributed by atoms with van der Waals surface area (Å²) in [6.07, 6.45) is 4.51. The topological polar surface area (TPSA) is 119 Å². The van der Waals surface area contributed by atoms with Crippen molar-refractivity contribution in [3.8, 4) is 33.0 Å². The second kappa shape index (κ2) is 8.98. The van der Waals surface area contributed by atoms with E-state index in [2.05, 4.69) is 33.1 Å². The number of aromatic nitrogens is 2. The van der Waals surface area contributed by atoms with Gasteiger partial charge in [0, 0.05) is 23.4 Å². The second-order valence-corrected chi connectivity index (χ2v) is 11.3. The van der Waals surface area contributed by atoms with E-state index in [0.717, 1.165) is 46.0 Å². The van der Waals surface area contributed by atoms with Crippen molar-refractivity contribution in [2.45, 2.75) is 45.3 Å². The molecule has 0 saturated heterocycles. The number of nitriles is 1. The minimum Gasteiger partial charge on any atom is -0.490 e. The highest BCUT2D eigenvalue weighted by Crippen LogP contribution is 2.39. The Morgan fingerprint density at radius 1 is 1.22 bits per heavy atom. The number of hydrogen-bond donors (Lipinski definition) is 3. The summed E-state index contributed by atoms with van der Waals surface area (Å²) in [7, 11) is -2.31. The minimum absolute atomic E-state index is 0.00627. The fraction of sp³-hybridized carbons (Fsp3) is 0.348. The van der Waals surface area contributed by atoms with Gasteiger partial charge < -0.3 is 4.74 Å². The van der Waals surface area contributed by atoms with Crippen LogP contribution in [0.25, 0.3) is 21.1 Å². The Hall–Kier alpha value is -2.80. The Morgan fingerprint density at radius 3 is 2.72 bits per heavy atom. The Labute approximate surface area is 193 Å². The zero-order valence-electron chi connectivity index (χ0n) is 18.3. The van der Waals surface area contributed by atoms with Crippen molar-refractivity contribution in [3.63, 3.8) is 0 Å². The fourth-order valence-electron chi connectivity index (χ4n) is 4.01. The number of fused-ring (bicyclic) bond motifs is 1. The molecule has 1 aliphatic carbocycles. The molecule has 1 heterocycles. The van der Waals surface area contributed by atoms with E-state index < -0.39 is 9.81 Å². The van der Waals surface area contributed by atoms with Crippen LogP contribution in [0.4, 0.5) is 0 Å². The summed E-state index contributed by atoms with van der Waals surface area (Å²) in [5.41, 5.74) is 4.76. The van der Waals surface area contributed by atoms with Crippen LogP contribution in [0.2, 0.25) is 0 Å². The fourth-order valence-corrected chi connectivity index (χ4v) is 5.72. The Bertz CT molecular complexity index is 1290. The highest BCUT2D eigenvalue weighted by molar-refractivity contribution is 7.90. The lowest BCUT2D eigenvalue weighted by molar-refractivity contribution is 0.242. The maximum absolute atomic E-state index is 9.53. The van der Waals surface area contributed by atoms with Gasteiger partial charge in [0.2, 0.25) is 0 Å². The first-order chi connectivity index (χ1) is 15.2. The van der Waals surface area contributed by atoms with Gasteiger partial charge in [-0.1, -0.05) is 29.5 Å². The second-order valence-electron chi connectivity index (χ2n) is 8.26. The van der Waals surface area contributed by atoms with E-state index in [-0.39, 0.29) is 12.1 Å². The molecule has 0 radical (unpaired) electrons. The molecule has 1 aromatic heterocycles. The van der Waals surface area contributed by atoms with Crippen LogP contribution in [0, 0.1) is 20.9 Å². The van der Waals surface area contributed by atoms with Crippen molar-refractivity contribution in [1.29, 1.82) is 14.8 Å². The van der Waals surface area contributed by atoms with E-state index in [4.69, 9.17) is 14.3 Å². The summed E-state index contributed by atoms with van der Waals surface area (Å²) < 4.78 is 24.9. The first-order valence-corrected chi connectivity index (χ1v) is 13.3. The quantitative estimate of drug-likeness (QED) is 0.429. The maximum atomic E-state index is 9.53. The number of benzene rings is 2. The van der Waals surface area contributed by atoms with Crippen molar-refractivity contribution in [2.24, 2.45) is 0 Å². The van der Waals surface area contributed by atoms with Crippen molar-refractivity contribution >= 4 is 21.1 Å². The third kappa shape index (κ3) is 4.83. The molecule has 2 aromatic carbocycles. The van der Waals surface area contributed by atoms with Gasteiger partial charge in [-0.25, -0.2) is 4.72 Å². The third-order valence-corrected chi connectivity index (χ3v) is 7.01. The van der Waals surface area contributed by atoms with Crippen LogP contribution in [0.15, 0.2) is 36.4 Å². The van der Waals surface area contributed by atoms with Crippen LogP contribution in [-0.2, 0) is 16.2 Å². The van der Waals surface area contributed by atoms with Gasteiger partial charge in [-0.3, -0.25) is 9.56 Å². The van der Waals surface area contributed by atoms with Crippen molar-refractivity contribution < 1.29 is 4.74 Å². The molecule has 1 aliphatic rings. The Balaban J connectivity index is 1.68. The molecule has 0 bridgehead atoms. The summed E-state index contributed by atoms with van der Waals surface area (Å²) in [5, 5.41) is 20.0. The van der Waals surface area contributed by atoms with E-state index in [9.17, 15) is 5.26 Å². The third-order valence-electron chi connectivity index (χ3n) is 5.25. The van der Waals surface area contributed by atoms with Gasteiger partial charge >= 0.3 is 0 Å². The van der Waals surface area contributed by atoms with Crippen LogP contribution in [0.5, 0.6) is 5.75 Å². The zero-order valence-corrected chi connectivity index (χ0v) is 19.9. The van der Waals surface area contributed by atoms with E-state index in [1.165, 1.54) is 16.9 Å².